The van der Waals surface area contributed by atoms with Crippen molar-refractivity contribution in [1.82, 2.24) is 15.2 Å². The topological polar surface area (TPSA) is 45.2 Å². The molecule has 0 fully saturated rings. The van der Waals surface area contributed by atoms with Crippen molar-refractivity contribution in [3.8, 4) is 0 Å². The van der Waals surface area contributed by atoms with E-state index in [0.717, 1.165) is 30.2 Å². The first-order valence-corrected chi connectivity index (χ1v) is 6.37. The van der Waals surface area contributed by atoms with Crippen molar-refractivity contribution >= 4 is 17.2 Å². The SMILES string of the molecule is CCc1nc(CC(=O)N(C)CCNC)cs1. The number of amides is 1. The van der Waals surface area contributed by atoms with Crippen LogP contribution in [0.3, 0.4) is 0 Å². The van der Waals surface area contributed by atoms with Gasteiger partial charge >= 0.3 is 0 Å². The number of carbonyl (C=O) groups excluding carboxylic acids is 1. The van der Waals surface area contributed by atoms with Gasteiger partial charge in [-0.25, -0.2) is 4.98 Å². The van der Waals surface area contributed by atoms with Crippen LogP contribution in [-0.4, -0.2) is 43.0 Å². The van der Waals surface area contributed by atoms with Gasteiger partial charge in [-0.05, 0) is 13.5 Å². The molecule has 0 aliphatic carbocycles. The molecule has 1 amide bonds. The fraction of sp³-hybridized carbons (Fsp3) is 0.636. The summed E-state index contributed by atoms with van der Waals surface area (Å²) in [6.07, 6.45) is 1.35. The zero-order valence-corrected chi connectivity index (χ0v) is 10.9. The molecule has 0 unspecified atom stereocenters. The molecule has 1 aromatic rings. The molecule has 0 atom stereocenters. The van der Waals surface area contributed by atoms with Gasteiger partial charge in [0.25, 0.3) is 0 Å². The monoisotopic (exact) mass is 241 g/mol. The largest absolute Gasteiger partial charge is 0.344 e. The smallest absolute Gasteiger partial charge is 0.228 e. The van der Waals surface area contributed by atoms with Crippen LogP contribution in [0.15, 0.2) is 5.38 Å². The maximum atomic E-state index is 11.8. The molecule has 5 heteroatoms. The van der Waals surface area contributed by atoms with Gasteiger partial charge in [-0.1, -0.05) is 6.92 Å². The van der Waals surface area contributed by atoms with Gasteiger partial charge in [0.05, 0.1) is 17.1 Å². The number of thiazole rings is 1. The number of carbonyl (C=O) groups is 1. The summed E-state index contributed by atoms with van der Waals surface area (Å²) in [5.41, 5.74) is 0.892. The van der Waals surface area contributed by atoms with E-state index in [2.05, 4.69) is 17.2 Å². The maximum absolute atomic E-state index is 11.8. The van der Waals surface area contributed by atoms with Crippen LogP contribution in [0.5, 0.6) is 0 Å². The normalized spacial score (nSPS) is 10.4. The predicted molar refractivity (Wildman–Crippen MR) is 66.8 cm³/mol. The summed E-state index contributed by atoms with van der Waals surface area (Å²) in [6, 6.07) is 0. The van der Waals surface area contributed by atoms with Gasteiger partial charge in [-0.2, -0.15) is 0 Å². The van der Waals surface area contributed by atoms with Crippen molar-refractivity contribution < 1.29 is 4.79 Å². The molecule has 0 aliphatic heterocycles. The van der Waals surface area contributed by atoms with E-state index in [-0.39, 0.29) is 5.91 Å². The first kappa shape index (κ1) is 13.1. The number of aryl methyl sites for hydroxylation is 1. The number of rotatable bonds is 6. The van der Waals surface area contributed by atoms with Gasteiger partial charge in [-0.3, -0.25) is 4.79 Å². The highest BCUT2D eigenvalue weighted by atomic mass is 32.1. The average molecular weight is 241 g/mol. The molecule has 0 aliphatic rings. The summed E-state index contributed by atoms with van der Waals surface area (Å²) < 4.78 is 0. The van der Waals surface area contributed by atoms with E-state index in [4.69, 9.17) is 0 Å². The Morgan fingerprint density at radius 1 is 1.62 bits per heavy atom. The summed E-state index contributed by atoms with van der Waals surface area (Å²) >= 11 is 1.63. The van der Waals surface area contributed by atoms with Crippen LogP contribution >= 0.6 is 11.3 Å². The summed E-state index contributed by atoms with van der Waals surface area (Å²) in [5.74, 6) is 0.128. The lowest BCUT2D eigenvalue weighted by molar-refractivity contribution is -0.129. The molecule has 90 valence electrons. The lowest BCUT2D eigenvalue weighted by Crippen LogP contribution is -2.33. The van der Waals surface area contributed by atoms with Crippen molar-refractivity contribution in [3.63, 3.8) is 0 Å². The second-order valence-electron chi connectivity index (χ2n) is 3.68. The second kappa shape index (κ2) is 6.60. The first-order valence-electron chi connectivity index (χ1n) is 5.49. The van der Waals surface area contributed by atoms with Gasteiger partial charge < -0.3 is 10.2 Å². The lowest BCUT2D eigenvalue weighted by Gasteiger charge is -2.15. The molecular weight excluding hydrogens is 222 g/mol. The van der Waals surface area contributed by atoms with Crippen LogP contribution in [0.2, 0.25) is 0 Å². The molecule has 16 heavy (non-hydrogen) atoms. The van der Waals surface area contributed by atoms with Gasteiger partial charge in [0, 0.05) is 25.5 Å². The van der Waals surface area contributed by atoms with Crippen LogP contribution in [0.4, 0.5) is 0 Å². The Balaban J connectivity index is 2.44. The highest BCUT2D eigenvalue weighted by molar-refractivity contribution is 7.09. The minimum Gasteiger partial charge on any atom is -0.344 e. The van der Waals surface area contributed by atoms with Crippen LogP contribution in [0.25, 0.3) is 0 Å². The Kier molecular flexibility index (Phi) is 5.42. The number of nitrogens with zero attached hydrogens (tertiary/aromatic N) is 2. The first-order chi connectivity index (χ1) is 7.67. The molecule has 1 heterocycles. The Hall–Kier alpha value is -0.940. The second-order valence-corrected chi connectivity index (χ2v) is 4.62. The Bertz CT molecular complexity index is 338. The third kappa shape index (κ3) is 3.90. The van der Waals surface area contributed by atoms with E-state index in [0.29, 0.717) is 6.42 Å². The summed E-state index contributed by atoms with van der Waals surface area (Å²) in [4.78, 5) is 17.9. The molecule has 0 saturated heterocycles. The zero-order chi connectivity index (χ0) is 12.0. The van der Waals surface area contributed by atoms with Gasteiger partial charge in [0.2, 0.25) is 5.91 Å². The van der Waals surface area contributed by atoms with E-state index in [1.54, 1.807) is 16.2 Å². The van der Waals surface area contributed by atoms with Crippen molar-refractivity contribution in [3.05, 3.63) is 16.1 Å². The number of hydrogen-bond acceptors (Lipinski definition) is 4. The van der Waals surface area contributed by atoms with Crippen molar-refractivity contribution in [2.24, 2.45) is 0 Å². The van der Waals surface area contributed by atoms with Crippen LogP contribution < -0.4 is 5.32 Å². The molecule has 4 nitrogen and oxygen atoms in total. The maximum Gasteiger partial charge on any atom is 0.228 e. The third-order valence-electron chi connectivity index (χ3n) is 2.36. The molecule has 1 rings (SSSR count). The van der Waals surface area contributed by atoms with Gasteiger partial charge in [-0.15, -0.1) is 11.3 Å². The number of likely N-dealkylation sites (N-methyl/N-ethyl adjacent to an activating group) is 2. The molecular formula is C11H19N3OS. The third-order valence-corrected chi connectivity index (χ3v) is 3.40. The Morgan fingerprint density at radius 2 is 2.38 bits per heavy atom. The average Bonchev–Trinajstić information content (AvgIpc) is 2.73. The molecule has 1 N–H and O–H groups in total. The molecule has 0 saturated carbocycles. The quantitative estimate of drug-likeness (QED) is 0.806. The van der Waals surface area contributed by atoms with Crippen LogP contribution in [0, 0.1) is 0 Å². The standard InChI is InChI=1S/C11H19N3OS/c1-4-10-13-9(8-16-10)7-11(15)14(3)6-5-12-2/h8,12H,4-7H2,1-3H3. The van der Waals surface area contributed by atoms with Crippen LogP contribution in [-0.2, 0) is 17.6 Å². The zero-order valence-electron chi connectivity index (χ0n) is 10.1. The van der Waals surface area contributed by atoms with Crippen molar-refractivity contribution in [2.45, 2.75) is 19.8 Å². The fourth-order valence-electron chi connectivity index (χ4n) is 1.29. The van der Waals surface area contributed by atoms with Crippen molar-refractivity contribution in [2.75, 3.05) is 27.2 Å². The molecule has 0 bridgehead atoms. The van der Waals surface area contributed by atoms with E-state index >= 15 is 0 Å². The predicted octanol–water partition coefficient (Wildman–Crippen LogP) is 0.926. The molecule has 0 radical (unpaired) electrons. The number of nitrogens with one attached hydrogen (secondary N) is 1. The Morgan fingerprint density at radius 3 is 2.94 bits per heavy atom. The molecule has 0 aromatic carbocycles. The highest BCUT2D eigenvalue weighted by Crippen LogP contribution is 2.11. The van der Waals surface area contributed by atoms with Crippen LogP contribution in [0.1, 0.15) is 17.6 Å². The number of aromatic nitrogens is 1. The minimum atomic E-state index is 0.128. The molecule has 1 aromatic heterocycles. The fourth-order valence-corrected chi connectivity index (χ4v) is 2.03. The van der Waals surface area contributed by atoms with Crippen molar-refractivity contribution in [1.29, 1.82) is 0 Å². The summed E-state index contributed by atoms with van der Waals surface area (Å²) in [7, 11) is 3.71. The van der Waals surface area contributed by atoms with Gasteiger partial charge in [0.1, 0.15) is 0 Å². The summed E-state index contributed by atoms with van der Waals surface area (Å²) in [5, 5.41) is 6.10. The molecule has 0 spiro atoms. The minimum absolute atomic E-state index is 0.128. The van der Waals surface area contributed by atoms with E-state index in [1.807, 2.05) is 19.5 Å². The summed E-state index contributed by atoms with van der Waals surface area (Å²) in [6.45, 7) is 3.63. The number of hydrogen-bond donors (Lipinski definition) is 1. The van der Waals surface area contributed by atoms with E-state index in [9.17, 15) is 4.79 Å². The van der Waals surface area contributed by atoms with E-state index in [1.165, 1.54) is 0 Å². The lowest BCUT2D eigenvalue weighted by atomic mass is 10.3. The Labute approximate surface area is 101 Å². The van der Waals surface area contributed by atoms with E-state index < -0.39 is 0 Å². The highest BCUT2D eigenvalue weighted by Gasteiger charge is 2.11. The van der Waals surface area contributed by atoms with Gasteiger partial charge in [0.15, 0.2) is 0 Å².